The zero-order chi connectivity index (χ0) is 16.0. The number of allylic oxidation sites excluding steroid dienone is 2. The fourth-order valence-corrected chi connectivity index (χ4v) is 1.44. The molecule has 0 aliphatic heterocycles. The van der Waals surface area contributed by atoms with E-state index >= 15 is 0 Å². The predicted molar refractivity (Wildman–Crippen MR) is 81.3 cm³/mol. The van der Waals surface area contributed by atoms with E-state index in [0.717, 1.165) is 5.56 Å². The van der Waals surface area contributed by atoms with E-state index in [1.807, 2.05) is 6.92 Å². The van der Waals surface area contributed by atoms with Gasteiger partial charge in [0, 0.05) is 17.2 Å². The Bertz CT molecular complexity index is 559. The number of aryl methyl sites for hydroxylation is 1. The van der Waals surface area contributed by atoms with Crippen molar-refractivity contribution in [3.8, 4) is 11.5 Å². The van der Waals surface area contributed by atoms with Gasteiger partial charge in [-0.3, -0.25) is 0 Å². The maximum atomic E-state index is 11.7. The monoisotopic (exact) mass is 288 g/mol. The molecule has 4 heteroatoms. The average molecular weight is 288 g/mol. The van der Waals surface area contributed by atoms with Crippen molar-refractivity contribution >= 4 is 11.9 Å². The molecule has 0 N–H and O–H groups in total. The first-order valence-corrected chi connectivity index (χ1v) is 6.69. The average Bonchev–Trinajstić information content (AvgIpc) is 2.44. The molecular formula is C17H20O4. The van der Waals surface area contributed by atoms with Crippen LogP contribution in [0, 0.1) is 6.92 Å². The van der Waals surface area contributed by atoms with Gasteiger partial charge in [0.05, 0.1) is 0 Å². The summed E-state index contributed by atoms with van der Waals surface area (Å²) in [5, 5.41) is 0. The lowest BCUT2D eigenvalue weighted by atomic mass is 10.2. The van der Waals surface area contributed by atoms with Crippen LogP contribution in [0.25, 0.3) is 0 Å². The van der Waals surface area contributed by atoms with Crippen molar-refractivity contribution < 1.29 is 19.1 Å². The molecule has 0 radical (unpaired) electrons. The Morgan fingerprint density at radius 3 is 1.57 bits per heavy atom. The van der Waals surface area contributed by atoms with Crippen LogP contribution in [0.5, 0.6) is 11.5 Å². The number of carbonyl (C=O) groups excluding carboxylic acids is 2. The Kier molecular flexibility index (Phi) is 5.91. The molecule has 112 valence electrons. The molecule has 0 atom stereocenters. The molecule has 0 aromatic heterocycles. The van der Waals surface area contributed by atoms with E-state index in [0.29, 0.717) is 22.6 Å². The van der Waals surface area contributed by atoms with E-state index in [-0.39, 0.29) is 0 Å². The first-order chi connectivity index (χ1) is 9.87. The van der Waals surface area contributed by atoms with Gasteiger partial charge in [0.2, 0.25) is 0 Å². The summed E-state index contributed by atoms with van der Waals surface area (Å²) in [6.07, 6.45) is 3.35. The Hall–Kier alpha value is -2.36. The van der Waals surface area contributed by atoms with Crippen LogP contribution in [0.15, 0.2) is 41.5 Å². The summed E-state index contributed by atoms with van der Waals surface area (Å²) in [6, 6.07) is 4.94. The quantitative estimate of drug-likeness (QED) is 0.481. The minimum atomic E-state index is -0.426. The summed E-state index contributed by atoms with van der Waals surface area (Å²) in [4.78, 5) is 23.5. The largest absolute Gasteiger partial charge is 0.423 e. The third-order valence-corrected chi connectivity index (χ3v) is 2.96. The molecule has 0 unspecified atom stereocenters. The number of esters is 2. The van der Waals surface area contributed by atoms with E-state index in [2.05, 4.69) is 0 Å². The molecule has 4 nitrogen and oxygen atoms in total. The third-order valence-electron chi connectivity index (χ3n) is 2.96. The van der Waals surface area contributed by atoms with E-state index in [1.54, 1.807) is 52.0 Å². The van der Waals surface area contributed by atoms with E-state index in [1.165, 1.54) is 6.07 Å². The molecule has 0 amide bonds. The van der Waals surface area contributed by atoms with Crippen LogP contribution in [-0.2, 0) is 9.59 Å². The van der Waals surface area contributed by atoms with E-state index < -0.39 is 11.9 Å². The molecule has 0 saturated carbocycles. The molecular weight excluding hydrogens is 268 g/mol. The van der Waals surface area contributed by atoms with Crippen LogP contribution in [0.3, 0.4) is 0 Å². The number of hydrogen-bond acceptors (Lipinski definition) is 4. The molecule has 0 aliphatic carbocycles. The second-order valence-corrected chi connectivity index (χ2v) is 4.70. The highest BCUT2D eigenvalue weighted by molar-refractivity contribution is 5.90. The highest BCUT2D eigenvalue weighted by Crippen LogP contribution is 2.24. The minimum Gasteiger partial charge on any atom is -0.423 e. The Balaban J connectivity index is 2.95. The lowest BCUT2D eigenvalue weighted by Crippen LogP contribution is -2.11. The number of benzene rings is 1. The Morgan fingerprint density at radius 2 is 1.24 bits per heavy atom. The van der Waals surface area contributed by atoms with Crippen LogP contribution in [0.4, 0.5) is 0 Å². The van der Waals surface area contributed by atoms with Gasteiger partial charge in [-0.25, -0.2) is 9.59 Å². The van der Waals surface area contributed by atoms with Crippen molar-refractivity contribution in [3.05, 3.63) is 47.1 Å². The van der Waals surface area contributed by atoms with Crippen LogP contribution in [-0.4, -0.2) is 11.9 Å². The summed E-state index contributed by atoms with van der Waals surface area (Å²) in [5.41, 5.74) is 1.86. The van der Waals surface area contributed by atoms with Gasteiger partial charge >= 0.3 is 11.9 Å². The maximum absolute atomic E-state index is 11.7. The zero-order valence-corrected chi connectivity index (χ0v) is 13.0. The molecule has 0 bridgehead atoms. The van der Waals surface area contributed by atoms with Crippen molar-refractivity contribution in [2.75, 3.05) is 0 Å². The molecule has 1 aromatic rings. The highest BCUT2D eigenvalue weighted by atomic mass is 16.5. The van der Waals surface area contributed by atoms with Crippen LogP contribution in [0.2, 0.25) is 0 Å². The lowest BCUT2D eigenvalue weighted by Gasteiger charge is -2.09. The molecule has 1 rings (SSSR count). The molecule has 0 heterocycles. The maximum Gasteiger partial charge on any atom is 0.338 e. The smallest absolute Gasteiger partial charge is 0.338 e. The first kappa shape index (κ1) is 16.7. The molecule has 0 fully saturated rings. The standard InChI is InChI=1S/C17H20O4/c1-6-12(4)16(18)20-14-8-11(3)9-15(10-14)21-17(19)13(5)7-2/h6-10H,1-5H3/b12-6+,13-7+. The Labute approximate surface area is 125 Å². The van der Waals surface area contributed by atoms with Crippen LogP contribution < -0.4 is 9.47 Å². The fraction of sp³-hybridized carbons (Fsp3) is 0.294. The topological polar surface area (TPSA) is 52.6 Å². The van der Waals surface area contributed by atoms with Gasteiger partial charge in [0.25, 0.3) is 0 Å². The molecule has 0 aliphatic rings. The second-order valence-electron chi connectivity index (χ2n) is 4.70. The number of carbonyl (C=O) groups is 2. The summed E-state index contributed by atoms with van der Waals surface area (Å²) in [7, 11) is 0. The van der Waals surface area contributed by atoms with Crippen LogP contribution in [0.1, 0.15) is 33.3 Å². The predicted octanol–water partition coefficient (Wildman–Crippen LogP) is 3.74. The summed E-state index contributed by atoms with van der Waals surface area (Å²) >= 11 is 0. The zero-order valence-electron chi connectivity index (χ0n) is 13.0. The third kappa shape index (κ3) is 4.91. The van der Waals surface area contributed by atoms with Crippen molar-refractivity contribution in [3.63, 3.8) is 0 Å². The van der Waals surface area contributed by atoms with E-state index in [9.17, 15) is 9.59 Å². The minimum absolute atomic E-state index is 0.349. The van der Waals surface area contributed by atoms with E-state index in [4.69, 9.17) is 9.47 Å². The lowest BCUT2D eigenvalue weighted by molar-refractivity contribution is -0.130. The number of ether oxygens (including phenoxy) is 2. The highest BCUT2D eigenvalue weighted by Gasteiger charge is 2.11. The summed E-state index contributed by atoms with van der Waals surface area (Å²) in [5.74, 6) is -0.153. The fourth-order valence-electron chi connectivity index (χ4n) is 1.44. The number of hydrogen-bond donors (Lipinski definition) is 0. The van der Waals surface area contributed by atoms with Crippen molar-refractivity contribution in [2.24, 2.45) is 0 Å². The Morgan fingerprint density at radius 1 is 0.857 bits per heavy atom. The molecule has 1 aromatic carbocycles. The van der Waals surface area contributed by atoms with Gasteiger partial charge < -0.3 is 9.47 Å². The first-order valence-electron chi connectivity index (χ1n) is 6.69. The van der Waals surface area contributed by atoms with Gasteiger partial charge in [-0.05, 0) is 52.3 Å². The SMILES string of the molecule is C/C=C(\C)C(=O)Oc1cc(C)cc(OC(=O)/C(C)=C/C)c1. The van der Waals surface area contributed by atoms with Gasteiger partial charge in [-0.15, -0.1) is 0 Å². The van der Waals surface area contributed by atoms with Gasteiger partial charge in [-0.1, -0.05) is 12.2 Å². The number of rotatable bonds is 4. The molecule has 21 heavy (non-hydrogen) atoms. The van der Waals surface area contributed by atoms with Crippen molar-refractivity contribution in [1.29, 1.82) is 0 Å². The second kappa shape index (κ2) is 7.43. The van der Waals surface area contributed by atoms with Gasteiger partial charge in [-0.2, -0.15) is 0 Å². The van der Waals surface area contributed by atoms with Crippen LogP contribution >= 0.6 is 0 Å². The summed E-state index contributed by atoms with van der Waals surface area (Å²) < 4.78 is 10.5. The van der Waals surface area contributed by atoms with Crippen molar-refractivity contribution in [1.82, 2.24) is 0 Å². The van der Waals surface area contributed by atoms with Crippen molar-refractivity contribution in [2.45, 2.75) is 34.6 Å². The van der Waals surface area contributed by atoms with Gasteiger partial charge in [0.1, 0.15) is 11.5 Å². The molecule has 0 saturated heterocycles. The molecule has 0 spiro atoms. The summed E-state index contributed by atoms with van der Waals surface area (Å²) in [6.45, 7) is 8.71. The normalized spacial score (nSPS) is 12.0. The van der Waals surface area contributed by atoms with Gasteiger partial charge in [0.15, 0.2) is 0 Å².